The van der Waals surface area contributed by atoms with Crippen molar-refractivity contribution in [3.8, 4) is 0 Å². The van der Waals surface area contributed by atoms with E-state index < -0.39 is 0 Å². The number of benzene rings is 1. The van der Waals surface area contributed by atoms with Gasteiger partial charge in [0, 0.05) is 26.6 Å². The van der Waals surface area contributed by atoms with E-state index in [1.807, 2.05) is 23.1 Å². The number of amidine groups is 1. The van der Waals surface area contributed by atoms with Crippen LogP contribution in [0.4, 0.5) is 0 Å². The van der Waals surface area contributed by atoms with Gasteiger partial charge in [-0.15, -0.1) is 11.3 Å². The molecule has 0 bridgehead atoms. The van der Waals surface area contributed by atoms with Crippen molar-refractivity contribution in [2.75, 3.05) is 13.1 Å². The maximum Gasteiger partial charge on any atom is 0.168 e. The zero-order valence-electron chi connectivity index (χ0n) is 12.3. The SMILES string of the molecule is CCCC1=C(c2cccc3cc(C)sc23)N2CCN=C2S1. The van der Waals surface area contributed by atoms with Gasteiger partial charge in [0.25, 0.3) is 0 Å². The van der Waals surface area contributed by atoms with Crippen LogP contribution < -0.4 is 0 Å². The third-order valence-corrected chi connectivity index (χ3v) is 6.23. The van der Waals surface area contributed by atoms with Crippen LogP contribution in [0.5, 0.6) is 0 Å². The van der Waals surface area contributed by atoms with Crippen LogP contribution >= 0.6 is 23.1 Å². The first-order chi connectivity index (χ1) is 10.3. The van der Waals surface area contributed by atoms with Gasteiger partial charge in [0.1, 0.15) is 0 Å². The fourth-order valence-corrected chi connectivity index (χ4v) is 5.42. The summed E-state index contributed by atoms with van der Waals surface area (Å²) < 4.78 is 1.42. The highest BCUT2D eigenvalue weighted by Gasteiger charge is 2.33. The lowest BCUT2D eigenvalue weighted by atomic mass is 10.1. The van der Waals surface area contributed by atoms with Crippen molar-refractivity contribution in [2.45, 2.75) is 26.7 Å². The molecule has 2 aromatic rings. The summed E-state index contributed by atoms with van der Waals surface area (Å²) in [5.41, 5.74) is 2.82. The Labute approximate surface area is 133 Å². The molecule has 0 atom stereocenters. The van der Waals surface area contributed by atoms with Crippen LogP contribution in [-0.2, 0) is 0 Å². The Morgan fingerprint density at radius 1 is 1.33 bits per heavy atom. The molecular weight excluding hydrogens is 296 g/mol. The average Bonchev–Trinajstić information content (AvgIpc) is 3.11. The first-order valence-electron chi connectivity index (χ1n) is 7.50. The molecule has 2 aliphatic heterocycles. The van der Waals surface area contributed by atoms with Gasteiger partial charge in [-0.2, -0.15) is 0 Å². The topological polar surface area (TPSA) is 15.6 Å². The number of aryl methyl sites for hydroxylation is 1. The van der Waals surface area contributed by atoms with Crippen LogP contribution in [0, 0.1) is 6.92 Å². The van der Waals surface area contributed by atoms with Crippen molar-refractivity contribution in [3.05, 3.63) is 39.6 Å². The first kappa shape index (κ1) is 13.4. The van der Waals surface area contributed by atoms with E-state index >= 15 is 0 Å². The number of rotatable bonds is 3. The quantitative estimate of drug-likeness (QED) is 0.783. The molecular formula is C17H18N2S2. The van der Waals surface area contributed by atoms with Gasteiger partial charge in [-0.05, 0) is 24.8 Å². The summed E-state index contributed by atoms with van der Waals surface area (Å²) in [6, 6.07) is 9.00. The van der Waals surface area contributed by atoms with E-state index in [4.69, 9.17) is 0 Å². The Balaban J connectivity index is 1.92. The lowest BCUT2D eigenvalue weighted by Crippen LogP contribution is -2.20. The number of thioether (sulfide) groups is 1. The second-order valence-corrected chi connectivity index (χ2v) is 7.84. The van der Waals surface area contributed by atoms with Gasteiger partial charge in [0.15, 0.2) is 5.17 Å². The van der Waals surface area contributed by atoms with E-state index in [-0.39, 0.29) is 0 Å². The summed E-state index contributed by atoms with van der Waals surface area (Å²) in [5, 5.41) is 2.58. The van der Waals surface area contributed by atoms with Gasteiger partial charge >= 0.3 is 0 Å². The highest BCUT2D eigenvalue weighted by molar-refractivity contribution is 8.17. The Morgan fingerprint density at radius 2 is 2.24 bits per heavy atom. The van der Waals surface area contributed by atoms with E-state index in [1.54, 1.807) is 0 Å². The lowest BCUT2D eigenvalue weighted by molar-refractivity contribution is 0.646. The summed E-state index contributed by atoms with van der Waals surface area (Å²) in [5.74, 6) is 0. The van der Waals surface area contributed by atoms with Crippen molar-refractivity contribution in [3.63, 3.8) is 0 Å². The maximum absolute atomic E-state index is 4.66. The first-order valence-corrected chi connectivity index (χ1v) is 9.13. The fourth-order valence-electron chi connectivity index (χ4n) is 3.10. The minimum atomic E-state index is 0.935. The molecule has 4 heteroatoms. The van der Waals surface area contributed by atoms with Crippen molar-refractivity contribution in [1.82, 2.24) is 4.90 Å². The molecule has 3 heterocycles. The third-order valence-electron chi connectivity index (χ3n) is 3.95. The number of hydrogen-bond acceptors (Lipinski definition) is 4. The monoisotopic (exact) mass is 314 g/mol. The largest absolute Gasteiger partial charge is 0.318 e. The number of thiophene rings is 1. The summed E-state index contributed by atoms with van der Waals surface area (Å²) >= 11 is 3.79. The second-order valence-electron chi connectivity index (χ2n) is 5.52. The smallest absolute Gasteiger partial charge is 0.168 e. The van der Waals surface area contributed by atoms with Crippen LogP contribution in [0.2, 0.25) is 0 Å². The third kappa shape index (κ3) is 2.12. The Kier molecular flexibility index (Phi) is 3.31. The Hall–Kier alpha value is -1.26. The van der Waals surface area contributed by atoms with E-state index in [0.717, 1.165) is 19.5 Å². The van der Waals surface area contributed by atoms with Crippen molar-refractivity contribution in [2.24, 2.45) is 4.99 Å². The van der Waals surface area contributed by atoms with Gasteiger partial charge in [0.2, 0.25) is 0 Å². The summed E-state index contributed by atoms with van der Waals surface area (Å²) in [7, 11) is 0. The fraction of sp³-hybridized carbons (Fsp3) is 0.353. The number of aliphatic imine (C=N–C) groups is 1. The number of nitrogens with zero attached hydrogens (tertiary/aromatic N) is 2. The van der Waals surface area contributed by atoms with Gasteiger partial charge in [-0.1, -0.05) is 43.3 Å². The predicted octanol–water partition coefficient (Wildman–Crippen LogP) is 5.10. The molecule has 0 radical (unpaired) electrons. The van der Waals surface area contributed by atoms with Gasteiger partial charge in [0.05, 0.1) is 12.2 Å². The van der Waals surface area contributed by atoms with Gasteiger partial charge in [-0.25, -0.2) is 0 Å². The Morgan fingerprint density at radius 3 is 3.10 bits per heavy atom. The molecule has 0 saturated carbocycles. The summed E-state index contributed by atoms with van der Waals surface area (Å²) in [4.78, 5) is 9.97. The molecule has 0 spiro atoms. The minimum Gasteiger partial charge on any atom is -0.318 e. The van der Waals surface area contributed by atoms with Crippen LogP contribution in [0.25, 0.3) is 15.8 Å². The molecule has 0 N–H and O–H groups in total. The highest BCUT2D eigenvalue weighted by Crippen LogP contribution is 2.46. The van der Waals surface area contributed by atoms with E-state index in [1.165, 1.54) is 42.7 Å². The van der Waals surface area contributed by atoms with E-state index in [0.29, 0.717) is 0 Å². The number of allylic oxidation sites excluding steroid dienone is 1. The minimum absolute atomic E-state index is 0.935. The zero-order chi connectivity index (χ0) is 14.4. The second kappa shape index (κ2) is 5.18. The van der Waals surface area contributed by atoms with Crippen LogP contribution in [0.1, 0.15) is 30.2 Å². The van der Waals surface area contributed by atoms with Crippen molar-refractivity contribution >= 4 is 44.0 Å². The van der Waals surface area contributed by atoms with Crippen molar-refractivity contribution in [1.29, 1.82) is 0 Å². The zero-order valence-corrected chi connectivity index (χ0v) is 14.0. The predicted molar refractivity (Wildman–Crippen MR) is 95.0 cm³/mol. The standard InChI is InChI=1S/C17H18N2S2/c1-3-5-14-15(19-9-8-18-17(19)21-14)13-7-4-6-12-10-11(2)20-16(12)13/h4,6-7,10H,3,5,8-9H2,1-2H3. The number of fused-ring (bicyclic) bond motifs is 2. The van der Waals surface area contributed by atoms with Crippen molar-refractivity contribution < 1.29 is 0 Å². The molecule has 1 aromatic heterocycles. The molecule has 2 aliphatic rings. The Bertz CT molecular complexity index is 770. The van der Waals surface area contributed by atoms with Gasteiger partial charge < -0.3 is 4.90 Å². The maximum atomic E-state index is 4.66. The van der Waals surface area contributed by atoms with Crippen LogP contribution in [-0.4, -0.2) is 23.2 Å². The number of hydrogen-bond donors (Lipinski definition) is 0. The lowest BCUT2D eigenvalue weighted by Gasteiger charge is -2.18. The molecule has 108 valence electrons. The summed E-state index contributed by atoms with van der Waals surface area (Å²) in [6.07, 6.45) is 2.34. The molecule has 4 rings (SSSR count). The molecule has 21 heavy (non-hydrogen) atoms. The van der Waals surface area contributed by atoms with E-state index in [2.05, 4.69) is 48.0 Å². The average molecular weight is 314 g/mol. The highest BCUT2D eigenvalue weighted by atomic mass is 32.2. The van der Waals surface area contributed by atoms with Crippen LogP contribution in [0.3, 0.4) is 0 Å². The molecule has 1 aromatic carbocycles. The van der Waals surface area contributed by atoms with Crippen LogP contribution in [0.15, 0.2) is 34.2 Å². The summed E-state index contributed by atoms with van der Waals surface area (Å²) in [6.45, 7) is 6.42. The van der Waals surface area contributed by atoms with E-state index in [9.17, 15) is 0 Å². The molecule has 0 aliphatic carbocycles. The molecule has 0 unspecified atom stereocenters. The van der Waals surface area contributed by atoms with Gasteiger partial charge in [-0.3, -0.25) is 4.99 Å². The molecule has 0 fully saturated rings. The normalized spacial score (nSPS) is 17.8. The molecule has 0 saturated heterocycles. The molecule has 0 amide bonds. The molecule has 2 nitrogen and oxygen atoms in total.